The number of alkyl halides is 2. The Kier molecular flexibility index (Phi) is 8.49. The number of carbonyl (C=O) groups excluding carboxylic acids is 4. The molecular formula is C23H36F2N4O6. The van der Waals surface area contributed by atoms with Crippen molar-refractivity contribution in [1.82, 2.24) is 20.9 Å². The highest BCUT2D eigenvalue weighted by molar-refractivity contribution is 6.38. The first-order valence-electron chi connectivity index (χ1n) is 11.7. The predicted molar refractivity (Wildman–Crippen MR) is 122 cm³/mol. The van der Waals surface area contributed by atoms with Gasteiger partial charge in [-0.15, -0.1) is 0 Å². The second-order valence-corrected chi connectivity index (χ2v) is 10.9. The van der Waals surface area contributed by atoms with Crippen LogP contribution >= 0.6 is 0 Å². The number of Topliss-reactive ketones (excluding diaryl/α,β-unsaturated/α-hetero) is 1. The number of carbonyl (C=O) groups is 5. The van der Waals surface area contributed by atoms with E-state index in [1.165, 1.54) is 11.9 Å². The van der Waals surface area contributed by atoms with Crippen molar-refractivity contribution in [1.29, 1.82) is 0 Å². The molecule has 1 saturated heterocycles. The SMILES string of the molecule is CNC(=O)C(=O)C(CCC(C)(F)F)NC(=O)[C@@H]1CC2(CCN1C(=O)C(NC(=O)O)C(C)(C)C)CC2. The van der Waals surface area contributed by atoms with Crippen molar-refractivity contribution < 1.29 is 37.9 Å². The molecule has 0 aromatic rings. The van der Waals surface area contributed by atoms with Crippen LogP contribution in [0.25, 0.3) is 0 Å². The molecule has 2 rings (SSSR count). The predicted octanol–water partition coefficient (Wildman–Crippen LogP) is 1.68. The number of piperidine rings is 1. The van der Waals surface area contributed by atoms with Crippen molar-refractivity contribution in [3.8, 4) is 0 Å². The Morgan fingerprint density at radius 3 is 2.11 bits per heavy atom. The molecule has 35 heavy (non-hydrogen) atoms. The van der Waals surface area contributed by atoms with E-state index in [-0.39, 0.29) is 12.0 Å². The summed E-state index contributed by atoms with van der Waals surface area (Å²) < 4.78 is 26.9. The minimum Gasteiger partial charge on any atom is -0.465 e. The number of amides is 4. The molecule has 0 bridgehead atoms. The van der Waals surface area contributed by atoms with Crippen LogP contribution < -0.4 is 16.0 Å². The largest absolute Gasteiger partial charge is 0.465 e. The molecule has 3 atom stereocenters. The lowest BCUT2D eigenvalue weighted by molar-refractivity contribution is -0.148. The second kappa shape index (κ2) is 10.4. The average Bonchev–Trinajstić information content (AvgIpc) is 3.50. The first kappa shape index (κ1) is 28.4. The van der Waals surface area contributed by atoms with Crippen molar-refractivity contribution in [3.63, 3.8) is 0 Å². The summed E-state index contributed by atoms with van der Waals surface area (Å²) in [6, 6.07) is -3.65. The van der Waals surface area contributed by atoms with Crippen LogP contribution in [0.5, 0.6) is 0 Å². The number of hydrogen-bond donors (Lipinski definition) is 4. The second-order valence-electron chi connectivity index (χ2n) is 10.9. The summed E-state index contributed by atoms with van der Waals surface area (Å²) in [6.07, 6.45) is 0.126. The quantitative estimate of drug-likeness (QED) is 0.353. The van der Waals surface area contributed by atoms with Gasteiger partial charge in [0.05, 0.1) is 6.04 Å². The number of likely N-dealkylation sites (N-methyl/N-ethyl adjacent to an activating group) is 1. The van der Waals surface area contributed by atoms with Gasteiger partial charge in [-0.2, -0.15) is 0 Å². The van der Waals surface area contributed by atoms with Crippen LogP contribution in [-0.4, -0.2) is 77.2 Å². The van der Waals surface area contributed by atoms with E-state index in [2.05, 4.69) is 16.0 Å². The van der Waals surface area contributed by atoms with Crippen LogP contribution in [0.2, 0.25) is 0 Å². The fourth-order valence-electron chi connectivity index (χ4n) is 4.42. The molecule has 0 aromatic carbocycles. The van der Waals surface area contributed by atoms with Crippen LogP contribution in [0.4, 0.5) is 13.6 Å². The number of nitrogens with one attached hydrogen (secondary N) is 3. The monoisotopic (exact) mass is 502 g/mol. The minimum atomic E-state index is -3.11. The molecule has 12 heteroatoms. The van der Waals surface area contributed by atoms with E-state index in [9.17, 15) is 37.9 Å². The van der Waals surface area contributed by atoms with Crippen molar-refractivity contribution >= 4 is 29.6 Å². The van der Waals surface area contributed by atoms with Crippen LogP contribution in [-0.2, 0) is 19.2 Å². The summed E-state index contributed by atoms with van der Waals surface area (Å²) in [5.74, 6) is -6.50. The molecule has 10 nitrogen and oxygen atoms in total. The summed E-state index contributed by atoms with van der Waals surface area (Å²) in [5, 5.41) is 16.0. The summed E-state index contributed by atoms with van der Waals surface area (Å²) >= 11 is 0. The Morgan fingerprint density at radius 1 is 1.06 bits per heavy atom. The minimum absolute atomic E-state index is 0.118. The maximum Gasteiger partial charge on any atom is 0.405 e. The average molecular weight is 503 g/mol. The van der Waals surface area contributed by atoms with E-state index in [0.29, 0.717) is 19.8 Å². The zero-order valence-electron chi connectivity index (χ0n) is 20.9. The van der Waals surface area contributed by atoms with Gasteiger partial charge in [-0.05, 0) is 49.9 Å². The molecular weight excluding hydrogens is 466 g/mol. The number of halogens is 2. The zero-order chi connectivity index (χ0) is 26.8. The molecule has 1 aliphatic carbocycles. The number of likely N-dealkylation sites (tertiary alicyclic amines) is 1. The highest BCUT2D eigenvalue weighted by Crippen LogP contribution is 2.55. The van der Waals surface area contributed by atoms with Crippen LogP contribution in [0, 0.1) is 10.8 Å². The molecule has 1 saturated carbocycles. The van der Waals surface area contributed by atoms with E-state index in [1.54, 1.807) is 20.8 Å². The third-order valence-corrected chi connectivity index (χ3v) is 6.77. The first-order valence-corrected chi connectivity index (χ1v) is 11.7. The lowest BCUT2D eigenvalue weighted by Crippen LogP contribution is -2.62. The van der Waals surface area contributed by atoms with Gasteiger partial charge in [-0.25, -0.2) is 13.6 Å². The molecule has 2 fully saturated rings. The summed E-state index contributed by atoms with van der Waals surface area (Å²) in [4.78, 5) is 63.8. The Morgan fingerprint density at radius 2 is 1.66 bits per heavy atom. The van der Waals surface area contributed by atoms with Crippen molar-refractivity contribution in [2.75, 3.05) is 13.6 Å². The van der Waals surface area contributed by atoms with E-state index in [0.717, 1.165) is 12.8 Å². The van der Waals surface area contributed by atoms with Crippen molar-refractivity contribution in [2.24, 2.45) is 10.8 Å². The zero-order valence-corrected chi connectivity index (χ0v) is 20.9. The molecule has 198 valence electrons. The molecule has 1 aliphatic heterocycles. The molecule has 0 aromatic heterocycles. The number of carboxylic acid groups (broad SMARTS) is 1. The number of hydrogen-bond acceptors (Lipinski definition) is 5. The van der Waals surface area contributed by atoms with Gasteiger partial charge in [0.2, 0.25) is 23.5 Å². The third-order valence-electron chi connectivity index (χ3n) is 6.77. The molecule has 1 spiro atoms. The van der Waals surface area contributed by atoms with Gasteiger partial charge in [0.25, 0.3) is 5.91 Å². The number of rotatable bonds is 9. The molecule has 1 heterocycles. The van der Waals surface area contributed by atoms with Gasteiger partial charge in [0.15, 0.2) is 0 Å². The lowest BCUT2D eigenvalue weighted by atomic mass is 9.82. The maximum atomic E-state index is 13.5. The number of ketones is 1. The van der Waals surface area contributed by atoms with Crippen LogP contribution in [0.15, 0.2) is 0 Å². The van der Waals surface area contributed by atoms with E-state index in [1.807, 2.05) is 0 Å². The van der Waals surface area contributed by atoms with Gasteiger partial charge in [0, 0.05) is 20.0 Å². The van der Waals surface area contributed by atoms with Crippen molar-refractivity contribution in [2.45, 2.75) is 90.3 Å². The fraction of sp³-hybridized carbons (Fsp3) is 0.783. The maximum absolute atomic E-state index is 13.5. The third kappa shape index (κ3) is 7.60. The number of nitrogens with zero attached hydrogens (tertiary/aromatic N) is 1. The first-order chi connectivity index (χ1) is 16.0. The molecule has 4 amide bonds. The Hall–Kier alpha value is -2.79. The summed E-state index contributed by atoms with van der Waals surface area (Å²) in [5.41, 5.74) is -0.914. The topological polar surface area (TPSA) is 145 Å². The van der Waals surface area contributed by atoms with E-state index in [4.69, 9.17) is 0 Å². The Labute approximate surface area is 203 Å². The Bertz CT molecular complexity index is 863. The fourth-order valence-corrected chi connectivity index (χ4v) is 4.42. The Balaban J connectivity index is 2.31. The van der Waals surface area contributed by atoms with Crippen LogP contribution in [0.3, 0.4) is 0 Å². The smallest absolute Gasteiger partial charge is 0.405 e. The molecule has 2 unspecified atom stereocenters. The highest BCUT2D eigenvalue weighted by Gasteiger charge is 2.52. The van der Waals surface area contributed by atoms with Gasteiger partial charge in [-0.1, -0.05) is 20.8 Å². The molecule has 2 aliphatic rings. The molecule has 4 N–H and O–H groups in total. The van der Waals surface area contributed by atoms with Crippen molar-refractivity contribution in [3.05, 3.63) is 0 Å². The van der Waals surface area contributed by atoms with E-state index >= 15 is 0 Å². The molecule has 0 radical (unpaired) electrons. The summed E-state index contributed by atoms with van der Waals surface area (Å²) in [6.45, 7) is 5.96. The van der Waals surface area contributed by atoms with Crippen LogP contribution in [0.1, 0.15) is 66.2 Å². The van der Waals surface area contributed by atoms with Gasteiger partial charge >= 0.3 is 6.09 Å². The lowest BCUT2D eigenvalue weighted by Gasteiger charge is -2.42. The van der Waals surface area contributed by atoms with E-state index < -0.39 is 71.9 Å². The van der Waals surface area contributed by atoms with Gasteiger partial charge in [-0.3, -0.25) is 19.2 Å². The standard InChI is InChI=1S/C23H36F2N4O6/c1-21(2,3)16(28-20(34)35)19(33)29-11-10-23(8-9-23)12-14(29)17(31)27-13(6-7-22(4,24)25)15(30)18(32)26-5/h13-14,16,28H,6-12H2,1-5H3,(H,26,32)(H,27,31)(H,34,35)/t13?,14-,16?/m0/s1. The highest BCUT2D eigenvalue weighted by atomic mass is 19.3. The summed E-state index contributed by atoms with van der Waals surface area (Å²) in [7, 11) is 1.22. The van der Waals surface area contributed by atoms with Gasteiger partial charge in [0.1, 0.15) is 12.1 Å². The normalized spacial score (nSPS) is 21.0. The van der Waals surface area contributed by atoms with Gasteiger partial charge < -0.3 is 26.0 Å².